The summed E-state index contributed by atoms with van der Waals surface area (Å²) >= 11 is 0. The molecule has 0 aliphatic heterocycles. The van der Waals surface area contributed by atoms with E-state index in [1.165, 1.54) is 0 Å². The fraction of sp³-hybridized carbons (Fsp3) is 0.500. The molecule has 8 heavy (non-hydrogen) atoms. The van der Waals surface area contributed by atoms with Gasteiger partial charge in [-0.25, -0.2) is 0 Å². The number of nitrogens with zero attached hydrogens (tertiary/aromatic N) is 2. The number of hydrogen-bond donors (Lipinski definition) is 0. The van der Waals surface area contributed by atoms with Crippen LogP contribution in [-0.2, 0) is 0 Å². The van der Waals surface area contributed by atoms with Crippen molar-refractivity contribution in [3.8, 4) is 0 Å². The van der Waals surface area contributed by atoms with Crippen LogP contribution < -0.4 is 0 Å². The van der Waals surface area contributed by atoms with Gasteiger partial charge in [-0.3, -0.25) is 0 Å². The standard InChI is InChI=1S/C6H8N2/c7-8-6-4-2-1-3-5-6/h2,4H,1,3,5H2. The highest BCUT2D eigenvalue weighted by atomic mass is 14.8. The van der Waals surface area contributed by atoms with Crippen molar-refractivity contribution in [3.63, 3.8) is 0 Å². The molecule has 0 saturated heterocycles. The lowest BCUT2D eigenvalue weighted by atomic mass is 10.1. The smallest absolute Gasteiger partial charge is 0.291 e. The molecule has 0 saturated carbocycles. The Kier molecular flexibility index (Phi) is 1.60. The molecule has 0 fully saturated rings. The summed E-state index contributed by atoms with van der Waals surface area (Å²) in [5, 5.41) is 0. The first kappa shape index (κ1) is 5.26. The minimum atomic E-state index is 0.802. The molecule has 0 spiro atoms. The maximum atomic E-state index is 8.23. The third-order valence-corrected chi connectivity index (χ3v) is 1.24. The average Bonchev–Trinajstić information content (AvgIpc) is 1.90. The third kappa shape index (κ3) is 1.04. The molecule has 2 heteroatoms. The molecule has 0 heterocycles. The van der Waals surface area contributed by atoms with Crippen molar-refractivity contribution in [1.82, 2.24) is 0 Å². The largest absolute Gasteiger partial charge is 0.361 e. The van der Waals surface area contributed by atoms with Crippen LogP contribution >= 0.6 is 0 Å². The van der Waals surface area contributed by atoms with Gasteiger partial charge in [0.15, 0.2) is 0 Å². The molecule has 0 aromatic heterocycles. The Labute approximate surface area is 48.5 Å². The summed E-state index contributed by atoms with van der Waals surface area (Å²) in [7, 11) is 0. The molecular weight excluding hydrogens is 100 g/mol. The van der Waals surface area contributed by atoms with Crippen molar-refractivity contribution in [3.05, 3.63) is 17.7 Å². The highest BCUT2D eigenvalue weighted by molar-refractivity contribution is 5.90. The molecular formula is C6H8N2. The van der Waals surface area contributed by atoms with Crippen LogP contribution in [0.5, 0.6) is 0 Å². The molecule has 1 aliphatic carbocycles. The van der Waals surface area contributed by atoms with E-state index in [0.29, 0.717) is 0 Å². The van der Waals surface area contributed by atoms with Gasteiger partial charge in [0, 0.05) is 12.5 Å². The number of allylic oxidation sites excluding steroid dienone is 2. The Balaban J connectivity index is 2.70. The predicted molar refractivity (Wildman–Crippen MR) is 31.6 cm³/mol. The van der Waals surface area contributed by atoms with E-state index in [1.807, 2.05) is 12.2 Å². The second-order valence-corrected chi connectivity index (χ2v) is 1.89. The van der Waals surface area contributed by atoms with Gasteiger partial charge in [0.2, 0.25) is 0 Å². The minimum Gasteiger partial charge on any atom is -0.361 e. The first-order valence-electron chi connectivity index (χ1n) is 2.81. The van der Waals surface area contributed by atoms with E-state index in [4.69, 9.17) is 5.53 Å². The van der Waals surface area contributed by atoms with Crippen molar-refractivity contribution in [1.29, 1.82) is 0 Å². The fourth-order valence-corrected chi connectivity index (χ4v) is 0.787. The first-order chi connectivity index (χ1) is 3.93. The highest BCUT2D eigenvalue weighted by Crippen LogP contribution is 2.04. The first-order valence-corrected chi connectivity index (χ1v) is 2.81. The van der Waals surface area contributed by atoms with Gasteiger partial charge < -0.3 is 5.53 Å². The Morgan fingerprint density at radius 3 is 2.88 bits per heavy atom. The Bertz CT molecular complexity index is 152. The summed E-state index contributed by atoms with van der Waals surface area (Å²) in [6, 6.07) is 0. The molecule has 0 unspecified atom stereocenters. The van der Waals surface area contributed by atoms with E-state index in [1.54, 1.807) is 0 Å². The maximum absolute atomic E-state index is 8.23. The molecule has 0 amide bonds. The second kappa shape index (κ2) is 2.43. The maximum Gasteiger partial charge on any atom is 0.291 e. The fourth-order valence-electron chi connectivity index (χ4n) is 0.787. The normalized spacial score (nSPS) is 18.2. The Morgan fingerprint density at radius 1 is 1.62 bits per heavy atom. The molecule has 0 atom stereocenters. The van der Waals surface area contributed by atoms with Gasteiger partial charge in [0.1, 0.15) is 0 Å². The lowest BCUT2D eigenvalue weighted by Gasteiger charge is -1.94. The van der Waals surface area contributed by atoms with Crippen LogP contribution in [0.15, 0.2) is 12.2 Å². The highest BCUT2D eigenvalue weighted by Gasteiger charge is 2.05. The van der Waals surface area contributed by atoms with Crippen molar-refractivity contribution in [2.24, 2.45) is 0 Å². The summed E-state index contributed by atoms with van der Waals surface area (Å²) in [4.78, 5) is 3.08. The zero-order chi connectivity index (χ0) is 5.82. The van der Waals surface area contributed by atoms with Crippen LogP contribution in [0.25, 0.3) is 5.53 Å². The zero-order valence-corrected chi connectivity index (χ0v) is 4.67. The van der Waals surface area contributed by atoms with Crippen molar-refractivity contribution in [2.75, 3.05) is 0 Å². The van der Waals surface area contributed by atoms with E-state index < -0.39 is 0 Å². The van der Waals surface area contributed by atoms with Gasteiger partial charge in [0.25, 0.3) is 5.71 Å². The molecule has 1 aliphatic rings. The van der Waals surface area contributed by atoms with Crippen molar-refractivity contribution in [2.45, 2.75) is 19.3 Å². The van der Waals surface area contributed by atoms with Gasteiger partial charge in [-0.2, -0.15) is 4.79 Å². The molecule has 2 nitrogen and oxygen atoms in total. The summed E-state index contributed by atoms with van der Waals surface area (Å²) in [5.74, 6) is 0. The molecule has 0 aromatic carbocycles. The molecule has 0 N–H and O–H groups in total. The van der Waals surface area contributed by atoms with Crippen LogP contribution in [0.2, 0.25) is 0 Å². The lowest BCUT2D eigenvalue weighted by Crippen LogP contribution is -1.98. The van der Waals surface area contributed by atoms with Crippen LogP contribution in [0.1, 0.15) is 19.3 Å². The summed E-state index contributed by atoms with van der Waals surface area (Å²) in [6.07, 6.45) is 7.06. The minimum absolute atomic E-state index is 0.802. The average molecular weight is 108 g/mol. The SMILES string of the molecule is [N-]=[N+]=C1C=CCCC1. The molecule has 0 radical (unpaired) electrons. The van der Waals surface area contributed by atoms with E-state index in [0.717, 1.165) is 25.0 Å². The summed E-state index contributed by atoms with van der Waals surface area (Å²) < 4.78 is 0. The molecule has 0 aromatic rings. The predicted octanol–water partition coefficient (Wildman–Crippen LogP) is 1.40. The number of rotatable bonds is 0. The molecule has 0 bridgehead atoms. The summed E-state index contributed by atoms with van der Waals surface area (Å²) in [6.45, 7) is 0. The second-order valence-electron chi connectivity index (χ2n) is 1.89. The van der Waals surface area contributed by atoms with Gasteiger partial charge in [-0.1, -0.05) is 6.08 Å². The van der Waals surface area contributed by atoms with Crippen molar-refractivity contribution >= 4 is 5.71 Å². The van der Waals surface area contributed by atoms with Crippen molar-refractivity contribution < 1.29 is 4.79 Å². The molecule has 1 rings (SSSR count). The topological polar surface area (TPSA) is 36.4 Å². The third-order valence-electron chi connectivity index (χ3n) is 1.24. The van der Waals surface area contributed by atoms with Crippen LogP contribution in [0.3, 0.4) is 0 Å². The Morgan fingerprint density at radius 2 is 2.50 bits per heavy atom. The molecule has 42 valence electrons. The van der Waals surface area contributed by atoms with E-state index in [9.17, 15) is 0 Å². The van der Waals surface area contributed by atoms with E-state index in [-0.39, 0.29) is 0 Å². The Hall–Kier alpha value is -0.880. The number of hydrogen-bond acceptors (Lipinski definition) is 0. The van der Waals surface area contributed by atoms with Gasteiger partial charge in [0.05, 0.1) is 0 Å². The van der Waals surface area contributed by atoms with Gasteiger partial charge in [-0.05, 0) is 12.8 Å². The zero-order valence-electron chi connectivity index (χ0n) is 4.67. The van der Waals surface area contributed by atoms with Crippen LogP contribution in [0.4, 0.5) is 0 Å². The summed E-state index contributed by atoms with van der Waals surface area (Å²) in [5.41, 5.74) is 9.03. The van der Waals surface area contributed by atoms with E-state index in [2.05, 4.69) is 4.79 Å². The van der Waals surface area contributed by atoms with Crippen LogP contribution in [-0.4, -0.2) is 10.5 Å². The van der Waals surface area contributed by atoms with Gasteiger partial charge >= 0.3 is 0 Å². The van der Waals surface area contributed by atoms with E-state index >= 15 is 0 Å². The lowest BCUT2D eigenvalue weighted by molar-refractivity contribution is -0.00671. The van der Waals surface area contributed by atoms with Crippen LogP contribution in [0, 0.1) is 0 Å². The quantitative estimate of drug-likeness (QED) is 0.332. The monoisotopic (exact) mass is 108 g/mol. The van der Waals surface area contributed by atoms with Gasteiger partial charge in [-0.15, -0.1) is 0 Å².